The smallest absolute Gasteiger partial charge is 0.326 e. The molecule has 2 aromatic carbocycles. The highest BCUT2D eigenvalue weighted by atomic mass is 35.5. The molecule has 0 aliphatic rings. The number of amides is 3. The first-order chi connectivity index (χ1) is 12.3. The fourth-order valence-corrected chi connectivity index (χ4v) is 2.75. The van der Waals surface area contributed by atoms with Crippen LogP contribution in [0.1, 0.15) is 18.5 Å². The average molecular weight is 403 g/mol. The number of quaternary nitrogens is 1. The maximum absolute atomic E-state index is 13.6. The van der Waals surface area contributed by atoms with Gasteiger partial charge in [0, 0.05) is 5.56 Å². The molecule has 0 aromatic heterocycles. The molecule has 138 valence electrons. The molecule has 0 aliphatic heterocycles. The first-order valence-electron chi connectivity index (χ1n) is 7.61. The van der Waals surface area contributed by atoms with Gasteiger partial charge in [-0.05, 0) is 31.2 Å². The summed E-state index contributed by atoms with van der Waals surface area (Å²) in [7, 11) is 0. The molecule has 2 aromatic rings. The number of benzene rings is 2. The van der Waals surface area contributed by atoms with Crippen LogP contribution in [0.3, 0.4) is 0 Å². The molecule has 4 N–H and O–H groups in total. The van der Waals surface area contributed by atoms with E-state index in [-0.39, 0.29) is 28.3 Å². The SMILES string of the molecule is C[C@@H]([NH2+]CC(=O)NC(=O)Nc1ccccc1F)c1cc(F)c(Cl)cc1Cl. The van der Waals surface area contributed by atoms with Crippen molar-refractivity contribution in [2.24, 2.45) is 0 Å². The number of hydrogen-bond donors (Lipinski definition) is 3. The van der Waals surface area contributed by atoms with E-state index in [1.807, 2.05) is 0 Å². The van der Waals surface area contributed by atoms with E-state index in [0.29, 0.717) is 5.56 Å². The van der Waals surface area contributed by atoms with E-state index >= 15 is 0 Å². The van der Waals surface area contributed by atoms with E-state index in [0.717, 1.165) is 0 Å². The van der Waals surface area contributed by atoms with Gasteiger partial charge in [0.1, 0.15) is 17.7 Å². The Morgan fingerprint density at radius 2 is 1.81 bits per heavy atom. The van der Waals surface area contributed by atoms with Gasteiger partial charge < -0.3 is 10.6 Å². The number of carbonyl (C=O) groups excluding carboxylic acids is 2. The minimum Gasteiger partial charge on any atom is -0.332 e. The van der Waals surface area contributed by atoms with Gasteiger partial charge in [0.15, 0.2) is 6.54 Å². The average Bonchev–Trinajstić information content (AvgIpc) is 2.58. The second-order valence-electron chi connectivity index (χ2n) is 5.50. The summed E-state index contributed by atoms with van der Waals surface area (Å²) in [6, 6.07) is 6.86. The Bertz CT molecular complexity index is 834. The standard InChI is InChI=1S/C17H15Cl2F2N3O2/c1-9(10-6-14(21)12(19)7-11(10)18)22-8-16(25)24-17(26)23-15-5-3-2-4-13(15)20/h2-7,9,22H,8H2,1H3,(H2,23,24,25,26)/p+1/t9-/m1/s1. The Labute approximate surface area is 158 Å². The molecule has 0 heterocycles. The second-order valence-corrected chi connectivity index (χ2v) is 6.31. The van der Waals surface area contributed by atoms with Crippen molar-refractivity contribution in [1.29, 1.82) is 0 Å². The highest BCUT2D eigenvalue weighted by Gasteiger charge is 2.18. The summed E-state index contributed by atoms with van der Waals surface area (Å²) in [6.07, 6.45) is 0. The molecule has 5 nitrogen and oxygen atoms in total. The number of hydrogen-bond acceptors (Lipinski definition) is 2. The van der Waals surface area contributed by atoms with E-state index in [1.54, 1.807) is 18.3 Å². The third kappa shape index (κ3) is 5.39. The fraction of sp³-hybridized carbons (Fsp3) is 0.176. The Morgan fingerprint density at radius 3 is 2.50 bits per heavy atom. The molecule has 2 rings (SSSR count). The topological polar surface area (TPSA) is 74.8 Å². The fourth-order valence-electron chi connectivity index (χ4n) is 2.19. The van der Waals surface area contributed by atoms with Crippen LogP contribution in [0.25, 0.3) is 0 Å². The first-order valence-corrected chi connectivity index (χ1v) is 8.36. The molecule has 0 aliphatic carbocycles. The number of para-hydroxylation sites is 1. The van der Waals surface area contributed by atoms with Gasteiger partial charge in [-0.3, -0.25) is 10.1 Å². The van der Waals surface area contributed by atoms with Crippen LogP contribution in [-0.2, 0) is 4.79 Å². The van der Waals surface area contributed by atoms with Gasteiger partial charge in [-0.2, -0.15) is 0 Å². The van der Waals surface area contributed by atoms with Gasteiger partial charge in [0.25, 0.3) is 5.91 Å². The molecule has 0 radical (unpaired) electrons. The Balaban J connectivity index is 1.87. The van der Waals surface area contributed by atoms with Crippen LogP contribution in [0.5, 0.6) is 0 Å². The predicted octanol–water partition coefficient (Wildman–Crippen LogP) is 3.24. The zero-order valence-electron chi connectivity index (χ0n) is 13.7. The summed E-state index contributed by atoms with van der Waals surface area (Å²) in [6.45, 7) is 1.60. The van der Waals surface area contributed by atoms with Crippen LogP contribution in [-0.4, -0.2) is 18.5 Å². The van der Waals surface area contributed by atoms with Crippen molar-refractivity contribution in [3.05, 3.63) is 63.6 Å². The van der Waals surface area contributed by atoms with Crippen LogP contribution in [0.2, 0.25) is 10.0 Å². The van der Waals surface area contributed by atoms with E-state index in [2.05, 4.69) is 10.6 Å². The lowest BCUT2D eigenvalue weighted by Crippen LogP contribution is -2.87. The van der Waals surface area contributed by atoms with Crippen LogP contribution in [0, 0.1) is 11.6 Å². The van der Waals surface area contributed by atoms with Gasteiger partial charge in [0.05, 0.1) is 15.7 Å². The van der Waals surface area contributed by atoms with E-state index in [1.165, 1.54) is 30.3 Å². The lowest BCUT2D eigenvalue weighted by Gasteiger charge is -2.13. The quantitative estimate of drug-likeness (QED) is 0.671. The lowest BCUT2D eigenvalue weighted by molar-refractivity contribution is -0.682. The maximum atomic E-state index is 13.6. The second kappa shape index (κ2) is 8.93. The number of urea groups is 1. The Morgan fingerprint density at radius 1 is 1.12 bits per heavy atom. The minimum absolute atomic E-state index is 0.0430. The molecular weight excluding hydrogens is 387 g/mol. The summed E-state index contributed by atoms with van der Waals surface area (Å²) in [4.78, 5) is 23.6. The molecule has 0 saturated heterocycles. The summed E-state index contributed by atoms with van der Waals surface area (Å²) in [5.74, 6) is -1.83. The van der Waals surface area contributed by atoms with Crippen molar-refractivity contribution in [3.8, 4) is 0 Å². The van der Waals surface area contributed by atoms with Gasteiger partial charge >= 0.3 is 6.03 Å². The van der Waals surface area contributed by atoms with Crippen molar-refractivity contribution >= 4 is 40.8 Å². The Kier molecular flexibility index (Phi) is 6.90. The van der Waals surface area contributed by atoms with Crippen molar-refractivity contribution in [2.45, 2.75) is 13.0 Å². The highest BCUT2D eigenvalue weighted by molar-refractivity contribution is 6.35. The monoisotopic (exact) mass is 402 g/mol. The van der Waals surface area contributed by atoms with E-state index < -0.39 is 23.6 Å². The third-order valence-corrected chi connectivity index (χ3v) is 4.18. The summed E-state index contributed by atoms with van der Waals surface area (Å²) in [5, 5.41) is 6.08. The van der Waals surface area contributed by atoms with Gasteiger partial charge in [-0.25, -0.2) is 13.6 Å². The molecule has 26 heavy (non-hydrogen) atoms. The molecule has 0 saturated carbocycles. The number of anilines is 1. The molecule has 1 atom stereocenters. The molecule has 3 amide bonds. The van der Waals surface area contributed by atoms with Crippen molar-refractivity contribution in [2.75, 3.05) is 11.9 Å². The molecular formula is C17H16Cl2F2N3O2+. The summed E-state index contributed by atoms with van der Waals surface area (Å²) < 4.78 is 27.0. The van der Waals surface area contributed by atoms with Crippen molar-refractivity contribution in [3.63, 3.8) is 0 Å². The van der Waals surface area contributed by atoms with Crippen molar-refractivity contribution < 1.29 is 23.7 Å². The number of nitrogens with two attached hydrogens (primary N) is 1. The lowest BCUT2D eigenvalue weighted by atomic mass is 10.1. The number of rotatable bonds is 5. The number of nitrogens with one attached hydrogen (secondary N) is 2. The number of carbonyl (C=O) groups is 2. The molecule has 0 fully saturated rings. The number of halogens is 4. The predicted molar refractivity (Wildman–Crippen MR) is 95.2 cm³/mol. The third-order valence-electron chi connectivity index (χ3n) is 3.56. The largest absolute Gasteiger partial charge is 0.332 e. The molecule has 0 spiro atoms. The zero-order valence-corrected chi connectivity index (χ0v) is 15.2. The van der Waals surface area contributed by atoms with Crippen LogP contribution in [0.4, 0.5) is 19.3 Å². The number of imide groups is 1. The first kappa shape index (κ1) is 20.1. The van der Waals surface area contributed by atoms with Gasteiger partial charge in [-0.1, -0.05) is 35.3 Å². The molecule has 9 heteroatoms. The van der Waals surface area contributed by atoms with E-state index in [4.69, 9.17) is 23.2 Å². The summed E-state index contributed by atoms with van der Waals surface area (Å²) >= 11 is 11.7. The summed E-state index contributed by atoms with van der Waals surface area (Å²) in [5.41, 5.74) is 0.427. The minimum atomic E-state index is -0.850. The Hall–Kier alpha value is -2.22. The van der Waals surface area contributed by atoms with Gasteiger partial charge in [-0.15, -0.1) is 0 Å². The maximum Gasteiger partial charge on any atom is 0.326 e. The zero-order chi connectivity index (χ0) is 19.3. The van der Waals surface area contributed by atoms with Crippen LogP contribution >= 0.6 is 23.2 Å². The highest BCUT2D eigenvalue weighted by Crippen LogP contribution is 2.27. The van der Waals surface area contributed by atoms with Crippen LogP contribution < -0.4 is 16.0 Å². The van der Waals surface area contributed by atoms with Gasteiger partial charge in [0.2, 0.25) is 0 Å². The van der Waals surface area contributed by atoms with Crippen LogP contribution in [0.15, 0.2) is 36.4 Å². The molecule has 0 unspecified atom stereocenters. The normalized spacial score (nSPS) is 11.7. The van der Waals surface area contributed by atoms with Crippen molar-refractivity contribution in [1.82, 2.24) is 5.32 Å². The van der Waals surface area contributed by atoms with E-state index in [9.17, 15) is 18.4 Å². The molecule has 0 bridgehead atoms.